The zero-order valence-electron chi connectivity index (χ0n) is 15.9. The molecule has 0 aromatic heterocycles. The lowest BCUT2D eigenvalue weighted by atomic mass is 9.91. The molecule has 3 rings (SSSR count). The second kappa shape index (κ2) is 8.77. The van der Waals surface area contributed by atoms with Crippen molar-refractivity contribution in [3.05, 3.63) is 89.5 Å². The van der Waals surface area contributed by atoms with Crippen LogP contribution >= 0.6 is 12.4 Å². The second-order valence-corrected chi connectivity index (χ2v) is 6.75. The molecule has 0 saturated heterocycles. The van der Waals surface area contributed by atoms with Crippen LogP contribution in [0.5, 0.6) is 0 Å². The Morgan fingerprint density at radius 3 is 1.38 bits per heavy atom. The highest BCUT2D eigenvalue weighted by molar-refractivity contribution is 5.86. The van der Waals surface area contributed by atoms with Crippen molar-refractivity contribution < 1.29 is 0 Å². The molecule has 0 spiro atoms. The molecule has 0 atom stereocenters. The highest BCUT2D eigenvalue weighted by atomic mass is 35.5. The van der Waals surface area contributed by atoms with Crippen LogP contribution in [0.15, 0.2) is 78.4 Å². The van der Waals surface area contributed by atoms with E-state index in [1.54, 1.807) is 0 Å². The summed E-state index contributed by atoms with van der Waals surface area (Å²) in [7, 11) is 8.28. The number of allylic oxidation sites excluding steroid dienone is 5. The van der Waals surface area contributed by atoms with E-state index in [9.17, 15) is 0 Å². The fourth-order valence-corrected chi connectivity index (χ4v) is 3.04. The summed E-state index contributed by atoms with van der Waals surface area (Å²) in [4.78, 5) is 4.26. The van der Waals surface area contributed by atoms with Gasteiger partial charge in [0.05, 0.1) is 0 Å². The van der Waals surface area contributed by atoms with Gasteiger partial charge in [-0.2, -0.15) is 0 Å². The quantitative estimate of drug-likeness (QED) is 0.699. The third kappa shape index (κ3) is 4.39. The van der Waals surface area contributed by atoms with Crippen LogP contribution in [0.3, 0.4) is 0 Å². The molecule has 1 aliphatic carbocycles. The maximum absolute atomic E-state index is 2.23. The maximum Gasteiger partial charge on any atom is 0.0361 e. The van der Waals surface area contributed by atoms with E-state index >= 15 is 0 Å². The van der Waals surface area contributed by atoms with Crippen LogP contribution in [0.25, 0.3) is 5.57 Å². The van der Waals surface area contributed by atoms with E-state index < -0.39 is 0 Å². The normalized spacial score (nSPS) is 12.5. The van der Waals surface area contributed by atoms with Crippen LogP contribution in [-0.2, 0) is 0 Å². The highest BCUT2D eigenvalue weighted by Gasteiger charge is 2.11. The number of nitrogens with zero attached hydrogens (tertiary/aromatic N) is 2. The van der Waals surface area contributed by atoms with Crippen LogP contribution in [0.1, 0.15) is 17.5 Å². The Balaban J connectivity index is 0.00000243. The Morgan fingerprint density at radius 2 is 1.04 bits per heavy atom. The van der Waals surface area contributed by atoms with Gasteiger partial charge < -0.3 is 9.80 Å². The van der Waals surface area contributed by atoms with Gasteiger partial charge in [0.1, 0.15) is 0 Å². The minimum atomic E-state index is 0. The van der Waals surface area contributed by atoms with Gasteiger partial charge >= 0.3 is 0 Å². The SMILES string of the molecule is CN(C)c1ccc(C(=C2C=CCC=C2)c2ccc(N(C)C)cc2)cc1.Cl. The molecule has 136 valence electrons. The summed E-state index contributed by atoms with van der Waals surface area (Å²) in [6.45, 7) is 0. The van der Waals surface area contributed by atoms with Gasteiger partial charge in [0.15, 0.2) is 0 Å². The van der Waals surface area contributed by atoms with E-state index in [1.165, 1.54) is 33.6 Å². The van der Waals surface area contributed by atoms with Crippen molar-refractivity contribution >= 4 is 29.4 Å². The van der Waals surface area contributed by atoms with Crippen molar-refractivity contribution in [1.29, 1.82) is 0 Å². The average molecular weight is 367 g/mol. The Kier molecular flexibility index (Phi) is 6.70. The van der Waals surface area contributed by atoms with Gasteiger partial charge in [-0.05, 0) is 53.0 Å². The molecule has 0 unspecified atom stereocenters. The summed E-state index contributed by atoms with van der Waals surface area (Å²) >= 11 is 0. The van der Waals surface area contributed by atoms with Crippen molar-refractivity contribution in [2.75, 3.05) is 38.0 Å². The lowest BCUT2D eigenvalue weighted by Crippen LogP contribution is -2.08. The van der Waals surface area contributed by atoms with Gasteiger partial charge in [0.25, 0.3) is 0 Å². The molecule has 0 aliphatic heterocycles. The summed E-state index contributed by atoms with van der Waals surface area (Å²) in [5, 5.41) is 0. The van der Waals surface area contributed by atoms with E-state index in [-0.39, 0.29) is 12.4 Å². The molecule has 0 saturated carbocycles. The van der Waals surface area contributed by atoms with Crippen molar-refractivity contribution in [2.24, 2.45) is 0 Å². The summed E-state index contributed by atoms with van der Waals surface area (Å²) in [6, 6.07) is 17.6. The first-order valence-corrected chi connectivity index (χ1v) is 8.69. The van der Waals surface area contributed by atoms with Crippen LogP contribution < -0.4 is 9.80 Å². The lowest BCUT2D eigenvalue weighted by molar-refractivity contribution is 1.13. The van der Waals surface area contributed by atoms with E-state index in [1.807, 2.05) is 0 Å². The van der Waals surface area contributed by atoms with Gasteiger partial charge in [-0.1, -0.05) is 48.6 Å². The number of rotatable bonds is 4. The minimum Gasteiger partial charge on any atom is -0.378 e. The van der Waals surface area contributed by atoms with E-state index in [2.05, 4.69) is 111 Å². The molecule has 0 fully saturated rings. The first-order chi connectivity index (χ1) is 12.1. The Labute approximate surface area is 163 Å². The highest BCUT2D eigenvalue weighted by Crippen LogP contribution is 2.31. The van der Waals surface area contributed by atoms with E-state index in [0.717, 1.165) is 6.42 Å². The smallest absolute Gasteiger partial charge is 0.0361 e. The summed E-state index contributed by atoms with van der Waals surface area (Å²) in [5.74, 6) is 0. The fraction of sp³-hybridized carbons (Fsp3) is 0.217. The number of hydrogen-bond acceptors (Lipinski definition) is 2. The predicted octanol–water partition coefficient (Wildman–Crippen LogP) is 5.56. The molecule has 0 N–H and O–H groups in total. The van der Waals surface area contributed by atoms with Gasteiger partial charge in [0, 0.05) is 39.6 Å². The van der Waals surface area contributed by atoms with Crippen molar-refractivity contribution in [3.8, 4) is 0 Å². The van der Waals surface area contributed by atoms with Gasteiger partial charge in [-0.15, -0.1) is 12.4 Å². The third-order valence-electron chi connectivity index (χ3n) is 4.50. The van der Waals surface area contributed by atoms with E-state index in [4.69, 9.17) is 0 Å². The first kappa shape index (κ1) is 19.9. The topological polar surface area (TPSA) is 6.48 Å². The maximum atomic E-state index is 2.23. The number of halogens is 1. The molecule has 0 heterocycles. The molecule has 2 nitrogen and oxygen atoms in total. The number of hydrogen-bond donors (Lipinski definition) is 0. The average Bonchev–Trinajstić information content (AvgIpc) is 2.64. The molecule has 3 heteroatoms. The van der Waals surface area contributed by atoms with Crippen LogP contribution in [0.4, 0.5) is 11.4 Å². The molecule has 0 radical (unpaired) electrons. The van der Waals surface area contributed by atoms with E-state index in [0.29, 0.717) is 0 Å². The predicted molar refractivity (Wildman–Crippen MR) is 118 cm³/mol. The van der Waals surface area contributed by atoms with Crippen LogP contribution in [0, 0.1) is 0 Å². The molecule has 0 bridgehead atoms. The largest absolute Gasteiger partial charge is 0.378 e. The number of anilines is 2. The Bertz CT molecular complexity index is 743. The molecule has 26 heavy (non-hydrogen) atoms. The molecular weight excluding hydrogens is 340 g/mol. The second-order valence-electron chi connectivity index (χ2n) is 6.75. The first-order valence-electron chi connectivity index (χ1n) is 8.69. The third-order valence-corrected chi connectivity index (χ3v) is 4.50. The summed E-state index contributed by atoms with van der Waals surface area (Å²) < 4.78 is 0. The zero-order valence-corrected chi connectivity index (χ0v) is 16.8. The minimum absolute atomic E-state index is 0. The van der Waals surface area contributed by atoms with Crippen molar-refractivity contribution in [1.82, 2.24) is 0 Å². The molecule has 2 aromatic rings. The molecular formula is C23H27ClN2. The summed E-state index contributed by atoms with van der Waals surface area (Å²) in [5.41, 5.74) is 7.46. The Hall–Kier alpha value is -2.45. The van der Waals surface area contributed by atoms with Crippen molar-refractivity contribution in [3.63, 3.8) is 0 Å². The van der Waals surface area contributed by atoms with Gasteiger partial charge in [-0.25, -0.2) is 0 Å². The zero-order chi connectivity index (χ0) is 17.8. The van der Waals surface area contributed by atoms with Crippen LogP contribution in [0.2, 0.25) is 0 Å². The molecule has 2 aromatic carbocycles. The Morgan fingerprint density at radius 1 is 0.654 bits per heavy atom. The standard InChI is InChI=1S/C23H26N2.ClH/c1-24(2)21-14-10-19(11-15-21)23(18-8-6-5-7-9-18)20-12-16-22(17-13-20)25(3)4;/h6-17H,5H2,1-4H3;1H. The molecule has 0 amide bonds. The van der Waals surface area contributed by atoms with Gasteiger partial charge in [0.2, 0.25) is 0 Å². The van der Waals surface area contributed by atoms with Crippen molar-refractivity contribution in [2.45, 2.75) is 6.42 Å². The van der Waals surface area contributed by atoms with Gasteiger partial charge in [-0.3, -0.25) is 0 Å². The monoisotopic (exact) mass is 366 g/mol. The van der Waals surface area contributed by atoms with Crippen LogP contribution in [-0.4, -0.2) is 28.2 Å². The lowest BCUT2D eigenvalue weighted by Gasteiger charge is -2.18. The molecule has 1 aliphatic rings. The summed E-state index contributed by atoms with van der Waals surface area (Å²) in [6.07, 6.45) is 9.91. The fourth-order valence-electron chi connectivity index (χ4n) is 3.04. The number of benzene rings is 2.